The molecule has 0 spiro atoms. The van der Waals surface area contributed by atoms with Crippen LogP contribution in [0.4, 0.5) is 0 Å². The molecule has 1 amide bonds. The molecule has 32 heavy (non-hydrogen) atoms. The second kappa shape index (κ2) is 13.8. The van der Waals surface area contributed by atoms with E-state index in [2.05, 4.69) is 40.1 Å². The molecule has 0 fully saturated rings. The molecule has 2 rings (SSSR count). The Balaban J connectivity index is 2.25. The monoisotopic (exact) mass is 560 g/mol. The van der Waals surface area contributed by atoms with Gasteiger partial charge in [-0.1, -0.05) is 26.2 Å². The molecule has 1 aliphatic rings. The van der Waals surface area contributed by atoms with E-state index in [-0.39, 0.29) is 25.1 Å². The van der Waals surface area contributed by atoms with E-state index >= 15 is 0 Å². The summed E-state index contributed by atoms with van der Waals surface area (Å²) in [5.41, 5.74) is 0.937. The van der Waals surface area contributed by atoms with Crippen molar-refractivity contribution in [2.24, 2.45) is 0 Å². The number of methoxy groups -OCH3 is 1. The second-order valence-electron chi connectivity index (χ2n) is 7.72. The Labute approximate surface area is 202 Å². The second-order valence-corrected chi connectivity index (χ2v) is 8.88. The van der Waals surface area contributed by atoms with Crippen LogP contribution < -0.4 is 20.1 Å². The maximum absolute atomic E-state index is 12.6. The Morgan fingerprint density at radius 1 is 1.28 bits per heavy atom. The van der Waals surface area contributed by atoms with Gasteiger partial charge in [-0.25, -0.2) is 0 Å². The van der Waals surface area contributed by atoms with Gasteiger partial charge in [0.15, 0.2) is 11.5 Å². The summed E-state index contributed by atoms with van der Waals surface area (Å²) in [6.07, 6.45) is 5.40. The van der Waals surface area contributed by atoms with Crippen LogP contribution in [0, 0.1) is 3.57 Å². The van der Waals surface area contributed by atoms with Crippen LogP contribution in [0.1, 0.15) is 49.4 Å². The van der Waals surface area contributed by atoms with Gasteiger partial charge in [-0.3, -0.25) is 9.59 Å². The molecule has 8 nitrogen and oxygen atoms in total. The summed E-state index contributed by atoms with van der Waals surface area (Å²) in [5.74, 6) is 0.480. The number of aliphatic hydroxyl groups is 2. The highest BCUT2D eigenvalue weighted by atomic mass is 127. The predicted molar refractivity (Wildman–Crippen MR) is 130 cm³/mol. The minimum Gasteiger partial charge on any atom is -0.493 e. The predicted octanol–water partition coefficient (Wildman–Crippen LogP) is 2.20. The van der Waals surface area contributed by atoms with Gasteiger partial charge in [-0.15, -0.1) is 0 Å². The van der Waals surface area contributed by atoms with Crippen molar-refractivity contribution in [1.29, 1.82) is 0 Å². The number of carbonyl (C=O) groups is 2. The van der Waals surface area contributed by atoms with Crippen LogP contribution in [0.5, 0.6) is 11.5 Å². The van der Waals surface area contributed by atoms with Crippen LogP contribution in [0.3, 0.4) is 0 Å². The van der Waals surface area contributed by atoms with Crippen molar-refractivity contribution in [3.8, 4) is 11.5 Å². The van der Waals surface area contributed by atoms with Crippen LogP contribution in [-0.2, 0) is 4.79 Å². The lowest BCUT2D eigenvalue weighted by Gasteiger charge is -2.34. The molecule has 0 bridgehead atoms. The molecule has 178 valence electrons. The van der Waals surface area contributed by atoms with Gasteiger partial charge in [0.25, 0.3) is 0 Å². The normalized spacial score (nSPS) is 20.4. The van der Waals surface area contributed by atoms with Gasteiger partial charge in [0.1, 0.15) is 18.5 Å². The topological polar surface area (TPSA) is 117 Å². The number of benzene rings is 1. The van der Waals surface area contributed by atoms with Crippen LogP contribution >= 0.6 is 22.6 Å². The van der Waals surface area contributed by atoms with Gasteiger partial charge in [0.2, 0.25) is 5.91 Å². The Hall–Kier alpha value is -1.69. The van der Waals surface area contributed by atoms with Crippen LogP contribution in [0.2, 0.25) is 0 Å². The Morgan fingerprint density at radius 3 is 2.72 bits per heavy atom. The number of ether oxygens (including phenoxy) is 2. The van der Waals surface area contributed by atoms with E-state index in [1.165, 1.54) is 7.11 Å². The van der Waals surface area contributed by atoms with Gasteiger partial charge >= 0.3 is 0 Å². The number of hydrogen-bond acceptors (Lipinski definition) is 7. The summed E-state index contributed by atoms with van der Waals surface area (Å²) in [6.45, 7) is 2.88. The average molecular weight is 560 g/mol. The number of halogens is 1. The number of unbranched alkanes of at least 4 members (excludes halogenated alkanes) is 3. The fourth-order valence-electron chi connectivity index (χ4n) is 3.60. The van der Waals surface area contributed by atoms with E-state index in [4.69, 9.17) is 14.6 Å². The first kappa shape index (κ1) is 26.6. The first-order valence-corrected chi connectivity index (χ1v) is 12.0. The number of nitrogens with one attached hydrogen (secondary N) is 2. The molecule has 0 heterocycles. The molecular formula is C23H33IN2O6. The summed E-state index contributed by atoms with van der Waals surface area (Å²) in [4.78, 5) is 23.7. The molecule has 0 aliphatic heterocycles. The first-order chi connectivity index (χ1) is 15.4. The quantitative estimate of drug-likeness (QED) is 0.166. The lowest BCUT2D eigenvalue weighted by Crippen LogP contribution is -2.52. The number of amides is 1. The average Bonchev–Trinajstić information content (AvgIpc) is 2.80. The van der Waals surface area contributed by atoms with Crippen molar-refractivity contribution in [3.63, 3.8) is 0 Å². The largest absolute Gasteiger partial charge is 0.493 e. The van der Waals surface area contributed by atoms with Crippen LogP contribution in [0.15, 0.2) is 23.8 Å². The Kier molecular flexibility index (Phi) is 11.4. The highest BCUT2D eigenvalue weighted by Gasteiger charge is 2.35. The van der Waals surface area contributed by atoms with Gasteiger partial charge in [0.05, 0.1) is 17.3 Å². The van der Waals surface area contributed by atoms with Crippen LogP contribution in [0.25, 0.3) is 0 Å². The smallest absolute Gasteiger partial charge is 0.247 e. The van der Waals surface area contributed by atoms with Crippen molar-refractivity contribution in [2.45, 2.75) is 57.3 Å². The Morgan fingerprint density at radius 2 is 2.06 bits per heavy atom. The molecule has 1 aliphatic carbocycles. The van der Waals surface area contributed by atoms with E-state index in [1.54, 1.807) is 18.2 Å². The van der Waals surface area contributed by atoms with Gasteiger partial charge in [-0.05, 0) is 60.2 Å². The highest BCUT2D eigenvalue weighted by molar-refractivity contribution is 14.1. The fourth-order valence-corrected chi connectivity index (χ4v) is 4.35. The van der Waals surface area contributed by atoms with E-state index in [9.17, 15) is 14.7 Å². The number of hydrogen-bond donors (Lipinski definition) is 4. The van der Waals surface area contributed by atoms with Gasteiger partial charge in [-0.2, -0.15) is 0 Å². The zero-order chi connectivity index (χ0) is 23.5. The van der Waals surface area contributed by atoms with Gasteiger partial charge < -0.3 is 30.3 Å². The molecule has 4 N–H and O–H groups in total. The summed E-state index contributed by atoms with van der Waals surface area (Å²) in [5, 5.41) is 26.1. The van der Waals surface area contributed by atoms with E-state index in [0.717, 1.165) is 38.5 Å². The van der Waals surface area contributed by atoms with Crippen molar-refractivity contribution >= 4 is 34.8 Å². The number of rotatable bonds is 13. The molecule has 9 heteroatoms. The molecule has 1 aromatic rings. The zero-order valence-corrected chi connectivity index (χ0v) is 20.8. The zero-order valence-electron chi connectivity index (χ0n) is 18.6. The van der Waals surface area contributed by atoms with Crippen molar-refractivity contribution in [1.82, 2.24) is 10.6 Å². The lowest BCUT2D eigenvalue weighted by molar-refractivity contribution is -0.118. The lowest BCUT2D eigenvalue weighted by atomic mass is 9.89. The third kappa shape index (κ3) is 7.43. The molecule has 0 radical (unpaired) electrons. The van der Waals surface area contributed by atoms with Crippen molar-refractivity contribution < 1.29 is 29.3 Å². The first-order valence-electron chi connectivity index (χ1n) is 11.0. The third-order valence-electron chi connectivity index (χ3n) is 5.32. The van der Waals surface area contributed by atoms with E-state index in [0.29, 0.717) is 32.6 Å². The summed E-state index contributed by atoms with van der Waals surface area (Å²) < 4.78 is 12.2. The maximum Gasteiger partial charge on any atom is 0.247 e. The molecule has 3 atom stereocenters. The molecule has 0 saturated heterocycles. The summed E-state index contributed by atoms with van der Waals surface area (Å²) in [6, 6.07) is 2.88. The fraction of sp³-hybridized carbons (Fsp3) is 0.565. The van der Waals surface area contributed by atoms with Crippen LogP contribution in [-0.4, -0.2) is 67.5 Å². The minimum absolute atomic E-state index is 0.151. The highest BCUT2D eigenvalue weighted by Crippen LogP contribution is 2.36. The Bertz CT molecular complexity index is 801. The number of aldehydes is 1. The maximum atomic E-state index is 12.6. The van der Waals surface area contributed by atoms with Gasteiger partial charge in [0, 0.05) is 23.7 Å². The molecular weight excluding hydrogens is 527 g/mol. The summed E-state index contributed by atoms with van der Waals surface area (Å²) >= 11 is 2.05. The van der Waals surface area contributed by atoms with Crippen molar-refractivity contribution in [3.05, 3.63) is 32.9 Å². The number of aliphatic hydroxyl groups excluding tert-OH is 2. The van der Waals surface area contributed by atoms with E-state index < -0.39 is 12.2 Å². The van der Waals surface area contributed by atoms with E-state index in [1.807, 2.05) is 0 Å². The molecule has 3 unspecified atom stereocenters. The molecule has 1 aromatic carbocycles. The SMILES string of the molecule is CCCCCCNC1CC(C(=O)NCCO)=CC(Oc2c(I)cc(C=O)cc2OC)C1O. The molecule has 0 saturated carbocycles. The minimum atomic E-state index is -0.887. The third-order valence-corrected chi connectivity index (χ3v) is 6.12. The summed E-state index contributed by atoms with van der Waals surface area (Å²) in [7, 11) is 1.48. The van der Waals surface area contributed by atoms with Crippen molar-refractivity contribution in [2.75, 3.05) is 26.8 Å². The standard InChI is InChI=1S/C23H33IN2O6/c1-3-4-5-6-7-25-18-12-16(23(30)26-8-9-27)13-19(21(18)29)32-22-17(24)10-15(14-28)11-20(22)31-2/h10-11,13-14,18-19,21,25,27,29H,3-9,12H2,1-2H3,(H,26,30). The molecule has 0 aromatic heterocycles. The number of carbonyl (C=O) groups excluding carboxylic acids is 2.